The van der Waals surface area contributed by atoms with Gasteiger partial charge >= 0.3 is 5.97 Å². The highest BCUT2D eigenvalue weighted by molar-refractivity contribution is 6.35. The molecular formula is C14H26N4O2. The van der Waals surface area contributed by atoms with Crippen molar-refractivity contribution in [2.45, 2.75) is 52.1 Å². The molecule has 1 saturated heterocycles. The summed E-state index contributed by atoms with van der Waals surface area (Å²) in [5, 5.41) is 13.3. The van der Waals surface area contributed by atoms with Crippen LogP contribution in [0.4, 0.5) is 0 Å². The first-order valence-electron chi connectivity index (χ1n) is 7.61. The second kappa shape index (κ2) is 7.04. The molecular weight excluding hydrogens is 256 g/mol. The number of aliphatic carboxylic acids is 1. The molecule has 0 aromatic carbocycles. The highest BCUT2D eigenvalue weighted by atomic mass is 16.4. The van der Waals surface area contributed by atoms with E-state index in [2.05, 4.69) is 21.4 Å². The summed E-state index contributed by atoms with van der Waals surface area (Å²) in [7, 11) is 0. The van der Waals surface area contributed by atoms with Gasteiger partial charge in [-0.05, 0) is 30.6 Å². The number of nitrogens with zero attached hydrogens (tertiary/aromatic N) is 1. The van der Waals surface area contributed by atoms with E-state index in [9.17, 15) is 9.90 Å². The molecule has 1 heterocycles. The Morgan fingerprint density at radius 3 is 2.85 bits per heavy atom. The zero-order chi connectivity index (χ0) is 14.5. The van der Waals surface area contributed by atoms with Crippen molar-refractivity contribution in [2.75, 3.05) is 6.54 Å². The third-order valence-electron chi connectivity index (χ3n) is 4.20. The lowest BCUT2D eigenvalue weighted by molar-refractivity contribution is -0.129. The summed E-state index contributed by atoms with van der Waals surface area (Å²) < 4.78 is 0. The summed E-state index contributed by atoms with van der Waals surface area (Å²) in [5.41, 5.74) is 9.65. The van der Waals surface area contributed by atoms with E-state index in [0.29, 0.717) is 18.3 Å². The number of hydrogen-bond donors (Lipinski definition) is 4. The Morgan fingerprint density at radius 2 is 2.15 bits per heavy atom. The molecule has 0 bridgehead atoms. The first kappa shape index (κ1) is 15.3. The van der Waals surface area contributed by atoms with E-state index in [1.807, 2.05) is 13.8 Å². The minimum Gasteiger partial charge on any atom is -0.477 e. The van der Waals surface area contributed by atoms with Crippen LogP contribution in [0.5, 0.6) is 0 Å². The number of carbonyl (C=O) groups is 1. The van der Waals surface area contributed by atoms with E-state index < -0.39 is 5.97 Å². The molecule has 2 rings (SSSR count). The minimum absolute atomic E-state index is 0.0237. The molecule has 6 nitrogen and oxygen atoms in total. The van der Waals surface area contributed by atoms with Crippen LogP contribution in [-0.2, 0) is 4.79 Å². The molecule has 2 fully saturated rings. The van der Waals surface area contributed by atoms with Crippen molar-refractivity contribution in [3.63, 3.8) is 0 Å². The highest BCUT2D eigenvalue weighted by Crippen LogP contribution is 2.32. The van der Waals surface area contributed by atoms with Crippen molar-refractivity contribution in [2.24, 2.45) is 22.9 Å². The summed E-state index contributed by atoms with van der Waals surface area (Å²) in [5.74, 6) is 0.542. The Kier molecular flexibility index (Phi) is 5.37. The maximum absolute atomic E-state index is 11.2. The topological polar surface area (TPSA) is 85.8 Å². The second-order valence-corrected chi connectivity index (χ2v) is 6.30. The van der Waals surface area contributed by atoms with Crippen LogP contribution in [0.15, 0.2) is 5.10 Å². The van der Waals surface area contributed by atoms with Gasteiger partial charge < -0.3 is 5.11 Å². The normalized spacial score (nSPS) is 30.9. The zero-order valence-electron chi connectivity index (χ0n) is 12.4. The predicted molar refractivity (Wildman–Crippen MR) is 78.0 cm³/mol. The van der Waals surface area contributed by atoms with Gasteiger partial charge in [0.05, 0.1) is 0 Å². The smallest absolute Gasteiger partial charge is 0.352 e. The Bertz CT molecular complexity index is 368. The number of fused-ring (bicyclic) bond motifs is 1. The molecule has 1 aliphatic carbocycles. The number of hydrogen-bond acceptors (Lipinski definition) is 5. The largest absolute Gasteiger partial charge is 0.477 e. The minimum atomic E-state index is -0.935. The second-order valence-electron chi connectivity index (χ2n) is 6.30. The van der Waals surface area contributed by atoms with Crippen LogP contribution in [0.2, 0.25) is 0 Å². The highest BCUT2D eigenvalue weighted by Gasteiger charge is 2.34. The number of nitrogens with one attached hydrogen (secondary N) is 3. The SMILES string of the molecule is CC(C)C/C(=N\NC1NNCC2CCCCC21)C(=O)O. The summed E-state index contributed by atoms with van der Waals surface area (Å²) in [6, 6.07) is 0. The maximum Gasteiger partial charge on any atom is 0.352 e. The van der Waals surface area contributed by atoms with Crippen molar-refractivity contribution in [1.82, 2.24) is 16.3 Å². The lowest BCUT2D eigenvalue weighted by atomic mass is 9.77. The molecule has 1 saturated carbocycles. The van der Waals surface area contributed by atoms with Crippen molar-refractivity contribution in [3.05, 3.63) is 0 Å². The van der Waals surface area contributed by atoms with Gasteiger partial charge in [0.1, 0.15) is 11.9 Å². The van der Waals surface area contributed by atoms with E-state index in [1.165, 1.54) is 25.7 Å². The Labute approximate surface area is 120 Å². The van der Waals surface area contributed by atoms with Gasteiger partial charge in [0, 0.05) is 13.0 Å². The van der Waals surface area contributed by atoms with Gasteiger partial charge in [0.15, 0.2) is 0 Å². The van der Waals surface area contributed by atoms with Crippen LogP contribution in [0.1, 0.15) is 46.0 Å². The summed E-state index contributed by atoms with van der Waals surface area (Å²) in [6.07, 6.45) is 5.49. The average molecular weight is 282 g/mol. The van der Waals surface area contributed by atoms with Gasteiger partial charge in [-0.25, -0.2) is 10.2 Å². The van der Waals surface area contributed by atoms with Gasteiger partial charge in [0.2, 0.25) is 0 Å². The van der Waals surface area contributed by atoms with Crippen LogP contribution in [0.25, 0.3) is 0 Å². The number of hydrazone groups is 1. The quantitative estimate of drug-likeness (QED) is 0.451. The Hall–Kier alpha value is -1.14. The first-order chi connectivity index (χ1) is 9.58. The van der Waals surface area contributed by atoms with E-state index in [1.54, 1.807) is 0 Å². The van der Waals surface area contributed by atoms with E-state index in [-0.39, 0.29) is 17.8 Å². The fraction of sp³-hybridized carbons (Fsp3) is 0.857. The molecule has 0 radical (unpaired) electrons. The van der Waals surface area contributed by atoms with Gasteiger partial charge in [-0.1, -0.05) is 26.7 Å². The molecule has 0 amide bonds. The van der Waals surface area contributed by atoms with Crippen molar-refractivity contribution in [3.8, 4) is 0 Å². The monoisotopic (exact) mass is 282 g/mol. The number of rotatable bonds is 5. The molecule has 0 spiro atoms. The third-order valence-corrected chi connectivity index (χ3v) is 4.20. The molecule has 3 atom stereocenters. The van der Waals surface area contributed by atoms with E-state index >= 15 is 0 Å². The fourth-order valence-corrected chi connectivity index (χ4v) is 3.18. The zero-order valence-corrected chi connectivity index (χ0v) is 12.4. The maximum atomic E-state index is 11.2. The number of carboxylic acids is 1. The molecule has 6 heteroatoms. The molecule has 114 valence electrons. The molecule has 4 N–H and O–H groups in total. The third kappa shape index (κ3) is 3.93. The Morgan fingerprint density at radius 1 is 1.40 bits per heavy atom. The molecule has 20 heavy (non-hydrogen) atoms. The van der Waals surface area contributed by atoms with Crippen molar-refractivity contribution >= 4 is 11.7 Å². The number of carboxylic acid groups (broad SMARTS) is 1. The average Bonchev–Trinajstić information content (AvgIpc) is 2.42. The van der Waals surface area contributed by atoms with Crippen LogP contribution in [0.3, 0.4) is 0 Å². The van der Waals surface area contributed by atoms with Crippen LogP contribution >= 0.6 is 0 Å². The van der Waals surface area contributed by atoms with E-state index in [0.717, 1.165) is 6.54 Å². The van der Waals surface area contributed by atoms with Gasteiger partial charge in [-0.2, -0.15) is 5.10 Å². The standard InChI is InChI=1S/C14H26N4O2/c1-9(2)7-12(14(19)20)16-18-13-11-6-4-3-5-10(11)8-15-17-13/h9-11,13,15,17-18H,3-8H2,1-2H3,(H,19,20)/b16-12+. The summed E-state index contributed by atoms with van der Waals surface area (Å²) in [6.45, 7) is 4.98. The van der Waals surface area contributed by atoms with E-state index in [4.69, 9.17) is 0 Å². The lowest BCUT2D eigenvalue weighted by Gasteiger charge is -2.41. The summed E-state index contributed by atoms with van der Waals surface area (Å²) in [4.78, 5) is 11.2. The van der Waals surface area contributed by atoms with Gasteiger partial charge in [-0.15, -0.1) is 0 Å². The van der Waals surface area contributed by atoms with Crippen LogP contribution in [-0.4, -0.2) is 29.5 Å². The van der Waals surface area contributed by atoms with Crippen molar-refractivity contribution in [1.29, 1.82) is 0 Å². The fourth-order valence-electron chi connectivity index (χ4n) is 3.18. The number of hydrazine groups is 1. The molecule has 0 aromatic heterocycles. The Balaban J connectivity index is 1.97. The van der Waals surface area contributed by atoms with Crippen LogP contribution < -0.4 is 16.3 Å². The lowest BCUT2D eigenvalue weighted by Crippen LogP contribution is -2.61. The van der Waals surface area contributed by atoms with Gasteiger partial charge in [-0.3, -0.25) is 10.9 Å². The predicted octanol–water partition coefficient (Wildman–Crippen LogP) is 1.30. The van der Waals surface area contributed by atoms with Crippen molar-refractivity contribution < 1.29 is 9.90 Å². The molecule has 1 aliphatic heterocycles. The molecule has 3 unspecified atom stereocenters. The first-order valence-corrected chi connectivity index (χ1v) is 7.61. The molecule has 0 aromatic rings. The summed E-state index contributed by atoms with van der Waals surface area (Å²) >= 11 is 0. The van der Waals surface area contributed by atoms with Crippen LogP contribution in [0, 0.1) is 17.8 Å². The molecule has 2 aliphatic rings. The van der Waals surface area contributed by atoms with Gasteiger partial charge in [0.25, 0.3) is 0 Å².